The number of carbonyl (C=O) groups is 1. The smallest absolute Gasteiger partial charge is 0.258 e. The zero-order valence-corrected chi connectivity index (χ0v) is 13.5. The molecule has 1 aromatic carbocycles. The molecule has 1 saturated heterocycles. The number of hydrogen-bond acceptors (Lipinski definition) is 3. The summed E-state index contributed by atoms with van der Waals surface area (Å²) in [5, 5.41) is 1.97. The standard InChI is InChI=1S/C15H20BrN3O/c1-12-3-4-13(14(16)11-12)5-6-15(20)17-19-9-7-18(2)8-10-19/h3-6,11H,7-10H2,1-2H3,(H,17,20)/b6-5+. The van der Waals surface area contributed by atoms with Crippen molar-refractivity contribution in [2.75, 3.05) is 33.2 Å². The van der Waals surface area contributed by atoms with E-state index in [4.69, 9.17) is 0 Å². The van der Waals surface area contributed by atoms with Crippen molar-refractivity contribution in [3.05, 3.63) is 39.9 Å². The van der Waals surface area contributed by atoms with Crippen LogP contribution < -0.4 is 5.43 Å². The number of carbonyl (C=O) groups excluding carboxylic acids is 1. The van der Waals surface area contributed by atoms with Crippen LogP contribution in [0.4, 0.5) is 0 Å². The van der Waals surface area contributed by atoms with Gasteiger partial charge < -0.3 is 4.90 Å². The molecule has 0 bridgehead atoms. The Kier molecular flexibility index (Phi) is 5.34. The lowest BCUT2D eigenvalue weighted by Gasteiger charge is -2.31. The van der Waals surface area contributed by atoms with Crippen LogP contribution in [0.5, 0.6) is 0 Å². The van der Waals surface area contributed by atoms with Crippen molar-refractivity contribution in [1.82, 2.24) is 15.3 Å². The van der Waals surface area contributed by atoms with Gasteiger partial charge in [-0.2, -0.15) is 0 Å². The highest BCUT2D eigenvalue weighted by molar-refractivity contribution is 9.10. The minimum absolute atomic E-state index is 0.0815. The van der Waals surface area contributed by atoms with Gasteiger partial charge in [0.05, 0.1) is 0 Å². The van der Waals surface area contributed by atoms with E-state index < -0.39 is 0 Å². The number of nitrogens with one attached hydrogen (secondary N) is 1. The van der Waals surface area contributed by atoms with Crippen LogP contribution in [-0.2, 0) is 4.79 Å². The average molecular weight is 338 g/mol. The van der Waals surface area contributed by atoms with Crippen molar-refractivity contribution in [1.29, 1.82) is 0 Å². The molecule has 108 valence electrons. The van der Waals surface area contributed by atoms with Gasteiger partial charge in [-0.05, 0) is 37.2 Å². The lowest BCUT2D eigenvalue weighted by atomic mass is 10.1. The zero-order chi connectivity index (χ0) is 14.5. The first-order valence-electron chi connectivity index (χ1n) is 6.73. The molecule has 0 unspecified atom stereocenters. The van der Waals surface area contributed by atoms with E-state index in [1.165, 1.54) is 5.56 Å². The first-order chi connectivity index (χ1) is 9.54. The Hall–Kier alpha value is -1.17. The minimum atomic E-state index is -0.0815. The second-order valence-corrected chi connectivity index (χ2v) is 5.98. The number of piperazine rings is 1. The lowest BCUT2D eigenvalue weighted by Crippen LogP contribution is -2.52. The molecule has 4 nitrogen and oxygen atoms in total. The minimum Gasteiger partial charge on any atom is -0.304 e. The molecular weight excluding hydrogens is 318 g/mol. The van der Waals surface area contributed by atoms with Crippen molar-refractivity contribution in [2.45, 2.75) is 6.92 Å². The highest BCUT2D eigenvalue weighted by Gasteiger charge is 2.14. The molecule has 0 aromatic heterocycles. The van der Waals surface area contributed by atoms with Gasteiger partial charge in [-0.1, -0.05) is 28.1 Å². The quantitative estimate of drug-likeness (QED) is 0.857. The first-order valence-corrected chi connectivity index (χ1v) is 7.52. The van der Waals surface area contributed by atoms with Crippen molar-refractivity contribution in [3.8, 4) is 0 Å². The van der Waals surface area contributed by atoms with Gasteiger partial charge in [0.2, 0.25) is 0 Å². The fourth-order valence-corrected chi connectivity index (χ4v) is 2.67. The Bertz CT molecular complexity index is 508. The Balaban J connectivity index is 1.89. The van der Waals surface area contributed by atoms with E-state index in [2.05, 4.69) is 33.3 Å². The normalized spacial score (nSPS) is 17.6. The highest BCUT2D eigenvalue weighted by atomic mass is 79.9. The van der Waals surface area contributed by atoms with E-state index in [-0.39, 0.29) is 5.91 Å². The van der Waals surface area contributed by atoms with E-state index in [9.17, 15) is 4.79 Å². The molecule has 1 amide bonds. The summed E-state index contributed by atoms with van der Waals surface area (Å²) >= 11 is 3.50. The lowest BCUT2D eigenvalue weighted by molar-refractivity contribution is -0.121. The van der Waals surface area contributed by atoms with Gasteiger partial charge in [-0.15, -0.1) is 0 Å². The average Bonchev–Trinajstić information content (AvgIpc) is 2.40. The Morgan fingerprint density at radius 1 is 1.30 bits per heavy atom. The number of nitrogens with zero attached hydrogens (tertiary/aromatic N) is 2. The van der Waals surface area contributed by atoms with Crippen LogP contribution in [0.2, 0.25) is 0 Å². The third-order valence-corrected chi connectivity index (χ3v) is 4.03. The first kappa shape index (κ1) is 15.2. The van der Waals surface area contributed by atoms with Gasteiger partial charge in [0.15, 0.2) is 0 Å². The maximum absolute atomic E-state index is 11.9. The molecule has 20 heavy (non-hydrogen) atoms. The van der Waals surface area contributed by atoms with Crippen molar-refractivity contribution in [2.24, 2.45) is 0 Å². The summed E-state index contributed by atoms with van der Waals surface area (Å²) < 4.78 is 1.00. The molecular formula is C15H20BrN3O. The SMILES string of the molecule is Cc1ccc(/C=C/C(=O)NN2CCN(C)CC2)c(Br)c1. The second kappa shape index (κ2) is 7.02. The van der Waals surface area contributed by atoms with E-state index >= 15 is 0 Å². The Labute approximate surface area is 128 Å². The van der Waals surface area contributed by atoms with E-state index in [1.54, 1.807) is 6.08 Å². The molecule has 0 spiro atoms. The fraction of sp³-hybridized carbons (Fsp3) is 0.400. The summed E-state index contributed by atoms with van der Waals surface area (Å²) in [5.74, 6) is -0.0815. The number of rotatable bonds is 3. The predicted molar refractivity (Wildman–Crippen MR) is 85.1 cm³/mol. The van der Waals surface area contributed by atoms with Gasteiger partial charge in [0.25, 0.3) is 5.91 Å². The molecule has 0 atom stereocenters. The van der Waals surface area contributed by atoms with E-state index in [1.807, 2.05) is 36.2 Å². The summed E-state index contributed by atoms with van der Waals surface area (Å²) in [6, 6.07) is 6.07. The molecule has 1 aliphatic heterocycles. The number of hydrazine groups is 1. The van der Waals surface area contributed by atoms with Gasteiger partial charge in [0, 0.05) is 36.7 Å². The number of benzene rings is 1. The maximum Gasteiger partial charge on any atom is 0.258 e. The highest BCUT2D eigenvalue weighted by Crippen LogP contribution is 2.19. The molecule has 0 radical (unpaired) electrons. The molecule has 1 heterocycles. The van der Waals surface area contributed by atoms with Crippen LogP contribution in [0.25, 0.3) is 6.08 Å². The van der Waals surface area contributed by atoms with Crippen molar-refractivity contribution in [3.63, 3.8) is 0 Å². The molecule has 1 aromatic rings. The van der Waals surface area contributed by atoms with Crippen LogP contribution in [0.3, 0.4) is 0 Å². The van der Waals surface area contributed by atoms with E-state index in [0.717, 1.165) is 36.2 Å². The second-order valence-electron chi connectivity index (χ2n) is 5.12. The summed E-state index contributed by atoms with van der Waals surface area (Å²) in [4.78, 5) is 14.1. The Morgan fingerprint density at radius 2 is 2.00 bits per heavy atom. The molecule has 1 aliphatic rings. The predicted octanol–water partition coefficient (Wildman–Crippen LogP) is 2.05. The molecule has 1 fully saturated rings. The van der Waals surface area contributed by atoms with Crippen LogP contribution in [-0.4, -0.2) is 49.0 Å². The zero-order valence-electron chi connectivity index (χ0n) is 11.9. The molecule has 5 heteroatoms. The van der Waals surface area contributed by atoms with Gasteiger partial charge in [-0.25, -0.2) is 5.01 Å². The largest absolute Gasteiger partial charge is 0.304 e. The number of aryl methyl sites for hydroxylation is 1. The van der Waals surface area contributed by atoms with Crippen LogP contribution in [0.1, 0.15) is 11.1 Å². The van der Waals surface area contributed by atoms with Crippen molar-refractivity contribution >= 4 is 27.9 Å². The summed E-state index contributed by atoms with van der Waals surface area (Å²) in [7, 11) is 2.09. The topological polar surface area (TPSA) is 35.6 Å². The third-order valence-electron chi connectivity index (χ3n) is 3.34. The third kappa shape index (κ3) is 4.44. The van der Waals surface area contributed by atoms with Gasteiger partial charge in [-0.3, -0.25) is 10.2 Å². The monoisotopic (exact) mass is 337 g/mol. The number of hydrogen-bond donors (Lipinski definition) is 1. The summed E-state index contributed by atoms with van der Waals surface area (Å²) in [5.41, 5.74) is 5.10. The van der Waals surface area contributed by atoms with E-state index in [0.29, 0.717) is 0 Å². The van der Waals surface area contributed by atoms with Crippen molar-refractivity contribution < 1.29 is 4.79 Å². The van der Waals surface area contributed by atoms with Crippen LogP contribution >= 0.6 is 15.9 Å². The summed E-state index contributed by atoms with van der Waals surface area (Å²) in [6.07, 6.45) is 3.41. The summed E-state index contributed by atoms with van der Waals surface area (Å²) in [6.45, 7) is 5.73. The fourth-order valence-electron chi connectivity index (χ4n) is 2.04. The van der Waals surface area contributed by atoms with Gasteiger partial charge >= 0.3 is 0 Å². The molecule has 1 N–H and O–H groups in total. The number of amides is 1. The maximum atomic E-state index is 11.9. The van der Waals surface area contributed by atoms with Crippen LogP contribution in [0, 0.1) is 6.92 Å². The Morgan fingerprint density at radius 3 is 2.65 bits per heavy atom. The molecule has 2 rings (SSSR count). The number of likely N-dealkylation sites (N-methyl/N-ethyl adjacent to an activating group) is 1. The van der Waals surface area contributed by atoms with Gasteiger partial charge in [0.1, 0.15) is 0 Å². The number of halogens is 1. The molecule has 0 saturated carbocycles. The van der Waals surface area contributed by atoms with Crippen LogP contribution in [0.15, 0.2) is 28.7 Å². The molecule has 0 aliphatic carbocycles.